The van der Waals surface area contributed by atoms with Gasteiger partial charge in [-0.3, -0.25) is 4.90 Å². The molecule has 1 aliphatic carbocycles. The molecule has 3 nitrogen and oxygen atoms in total. The van der Waals surface area contributed by atoms with E-state index in [9.17, 15) is 0 Å². The largest absolute Gasteiger partial charge is 0.397 e. The van der Waals surface area contributed by atoms with Crippen molar-refractivity contribution in [3.05, 3.63) is 23.8 Å². The normalized spacial score (nSPS) is 17.2. The third-order valence-electron chi connectivity index (χ3n) is 3.61. The van der Waals surface area contributed by atoms with Gasteiger partial charge in [0, 0.05) is 18.6 Å². The van der Waals surface area contributed by atoms with Crippen LogP contribution in [0.25, 0.3) is 0 Å². The molecule has 0 spiro atoms. The van der Waals surface area contributed by atoms with Gasteiger partial charge in [0.25, 0.3) is 0 Å². The zero-order valence-electron chi connectivity index (χ0n) is 11.0. The molecule has 1 aliphatic rings. The highest BCUT2D eigenvalue weighted by Crippen LogP contribution is 2.27. The summed E-state index contributed by atoms with van der Waals surface area (Å²) in [5.74, 6) is 0. The van der Waals surface area contributed by atoms with Gasteiger partial charge in [-0.15, -0.1) is 0 Å². The summed E-state index contributed by atoms with van der Waals surface area (Å²) in [5.41, 5.74) is 9.08. The summed E-state index contributed by atoms with van der Waals surface area (Å²) in [4.78, 5) is 2.46. The van der Waals surface area contributed by atoms with E-state index in [2.05, 4.69) is 37.2 Å². The second-order valence-electron chi connectivity index (χ2n) is 5.22. The van der Waals surface area contributed by atoms with Crippen molar-refractivity contribution in [2.75, 3.05) is 24.6 Å². The van der Waals surface area contributed by atoms with E-state index in [4.69, 9.17) is 5.73 Å². The van der Waals surface area contributed by atoms with E-state index in [0.717, 1.165) is 24.0 Å². The Kier molecular flexibility index (Phi) is 3.57. The Morgan fingerprint density at radius 3 is 2.82 bits per heavy atom. The second-order valence-corrected chi connectivity index (χ2v) is 5.22. The van der Waals surface area contributed by atoms with Gasteiger partial charge in [0.15, 0.2) is 0 Å². The van der Waals surface area contributed by atoms with Crippen LogP contribution in [0.5, 0.6) is 0 Å². The second kappa shape index (κ2) is 4.96. The van der Waals surface area contributed by atoms with Crippen LogP contribution in [-0.2, 0) is 0 Å². The van der Waals surface area contributed by atoms with Crippen molar-refractivity contribution < 1.29 is 0 Å². The molecule has 0 aromatic heterocycles. The van der Waals surface area contributed by atoms with Gasteiger partial charge in [-0.05, 0) is 51.4 Å². The number of hydrogen-bond donors (Lipinski definition) is 2. The van der Waals surface area contributed by atoms with Gasteiger partial charge in [-0.25, -0.2) is 0 Å². The highest BCUT2D eigenvalue weighted by molar-refractivity contribution is 5.66. The van der Waals surface area contributed by atoms with Gasteiger partial charge >= 0.3 is 0 Å². The summed E-state index contributed by atoms with van der Waals surface area (Å²) in [7, 11) is 2.21. The first-order valence-electron chi connectivity index (χ1n) is 6.40. The van der Waals surface area contributed by atoms with Gasteiger partial charge in [0.05, 0.1) is 11.4 Å². The average Bonchev–Trinajstić information content (AvgIpc) is 3.13. The van der Waals surface area contributed by atoms with Crippen LogP contribution in [0, 0.1) is 6.92 Å². The summed E-state index contributed by atoms with van der Waals surface area (Å²) in [6.45, 7) is 5.29. The Morgan fingerprint density at radius 1 is 1.47 bits per heavy atom. The molecule has 1 atom stereocenters. The maximum absolute atomic E-state index is 5.95. The molecule has 0 aliphatic heterocycles. The van der Waals surface area contributed by atoms with E-state index < -0.39 is 0 Å². The molecule has 1 saturated carbocycles. The molecular formula is C14H23N3. The monoisotopic (exact) mass is 233 g/mol. The van der Waals surface area contributed by atoms with Crippen LogP contribution in [0.3, 0.4) is 0 Å². The highest BCUT2D eigenvalue weighted by Gasteiger charge is 2.28. The van der Waals surface area contributed by atoms with E-state index in [1.165, 1.54) is 18.4 Å². The van der Waals surface area contributed by atoms with E-state index in [0.29, 0.717) is 6.04 Å². The van der Waals surface area contributed by atoms with Crippen molar-refractivity contribution in [2.45, 2.75) is 38.8 Å². The smallest absolute Gasteiger partial charge is 0.0577 e. The number of likely N-dealkylation sites (N-methyl/N-ethyl adjacent to an activating group) is 1. The molecule has 1 unspecified atom stereocenters. The molecule has 0 heterocycles. The number of hydrogen-bond acceptors (Lipinski definition) is 3. The van der Waals surface area contributed by atoms with E-state index in [1.54, 1.807) is 0 Å². The lowest BCUT2D eigenvalue weighted by molar-refractivity contribution is 0.257. The van der Waals surface area contributed by atoms with Crippen LogP contribution >= 0.6 is 0 Å². The molecule has 94 valence electrons. The lowest BCUT2D eigenvalue weighted by Crippen LogP contribution is -2.36. The Hall–Kier alpha value is -1.22. The molecule has 0 bridgehead atoms. The Morgan fingerprint density at radius 2 is 2.18 bits per heavy atom. The number of anilines is 2. The van der Waals surface area contributed by atoms with Crippen molar-refractivity contribution in [1.29, 1.82) is 0 Å². The van der Waals surface area contributed by atoms with Crippen LogP contribution < -0.4 is 11.1 Å². The van der Waals surface area contributed by atoms with Crippen molar-refractivity contribution in [1.82, 2.24) is 4.90 Å². The Balaban J connectivity index is 1.90. The number of rotatable bonds is 5. The quantitative estimate of drug-likeness (QED) is 0.768. The number of benzene rings is 1. The zero-order chi connectivity index (χ0) is 12.4. The minimum absolute atomic E-state index is 0.544. The fourth-order valence-electron chi connectivity index (χ4n) is 2.07. The zero-order valence-corrected chi connectivity index (χ0v) is 11.0. The topological polar surface area (TPSA) is 41.3 Å². The van der Waals surface area contributed by atoms with Crippen molar-refractivity contribution in [3.8, 4) is 0 Å². The van der Waals surface area contributed by atoms with Crippen molar-refractivity contribution in [3.63, 3.8) is 0 Å². The lowest BCUT2D eigenvalue weighted by Gasteiger charge is -2.25. The Labute approximate surface area is 104 Å². The minimum Gasteiger partial charge on any atom is -0.397 e. The molecule has 17 heavy (non-hydrogen) atoms. The molecule has 2 rings (SSSR count). The third kappa shape index (κ3) is 3.13. The van der Waals surface area contributed by atoms with Gasteiger partial charge in [0.1, 0.15) is 0 Å². The van der Waals surface area contributed by atoms with E-state index in [-0.39, 0.29) is 0 Å². The van der Waals surface area contributed by atoms with Gasteiger partial charge in [-0.2, -0.15) is 0 Å². The van der Waals surface area contributed by atoms with Gasteiger partial charge < -0.3 is 11.1 Å². The number of nitrogens with one attached hydrogen (secondary N) is 1. The first-order valence-corrected chi connectivity index (χ1v) is 6.40. The maximum atomic E-state index is 5.95. The maximum Gasteiger partial charge on any atom is 0.0577 e. The van der Waals surface area contributed by atoms with Crippen molar-refractivity contribution >= 4 is 11.4 Å². The van der Waals surface area contributed by atoms with Gasteiger partial charge in [-0.1, -0.05) is 6.07 Å². The first kappa shape index (κ1) is 12.2. The summed E-state index contributed by atoms with van der Waals surface area (Å²) in [6.07, 6.45) is 2.71. The van der Waals surface area contributed by atoms with Crippen molar-refractivity contribution in [2.24, 2.45) is 0 Å². The first-order chi connectivity index (χ1) is 8.08. The van der Waals surface area contributed by atoms with E-state index >= 15 is 0 Å². The third-order valence-corrected chi connectivity index (χ3v) is 3.61. The van der Waals surface area contributed by atoms with Crippen LogP contribution in [0.1, 0.15) is 25.3 Å². The SMILES string of the molecule is Cc1ccc(N)c(NCC(C)N(C)C2CC2)c1. The van der Waals surface area contributed by atoms with Gasteiger partial charge in [0.2, 0.25) is 0 Å². The standard InChI is InChI=1S/C14H23N3/c1-10-4-7-13(15)14(8-10)16-9-11(2)17(3)12-5-6-12/h4,7-8,11-12,16H,5-6,9,15H2,1-3H3. The molecule has 0 saturated heterocycles. The number of nitrogens with zero attached hydrogens (tertiary/aromatic N) is 1. The molecule has 3 N–H and O–H groups in total. The lowest BCUT2D eigenvalue weighted by atomic mass is 10.2. The molecule has 1 fully saturated rings. The van der Waals surface area contributed by atoms with E-state index in [1.807, 2.05) is 12.1 Å². The summed E-state index contributed by atoms with van der Waals surface area (Å²) >= 11 is 0. The summed E-state index contributed by atoms with van der Waals surface area (Å²) in [6, 6.07) is 7.47. The molecule has 1 aromatic rings. The highest BCUT2D eigenvalue weighted by atomic mass is 15.2. The molecule has 0 radical (unpaired) electrons. The molecule has 1 aromatic carbocycles. The van der Waals surface area contributed by atoms with Crippen LogP contribution in [0.2, 0.25) is 0 Å². The number of nitrogen functional groups attached to an aromatic ring is 1. The predicted molar refractivity (Wildman–Crippen MR) is 74.3 cm³/mol. The molecular weight excluding hydrogens is 210 g/mol. The fraction of sp³-hybridized carbons (Fsp3) is 0.571. The molecule has 3 heteroatoms. The number of nitrogens with two attached hydrogens (primary N) is 1. The average molecular weight is 233 g/mol. The fourth-order valence-corrected chi connectivity index (χ4v) is 2.07. The predicted octanol–water partition coefficient (Wildman–Crippen LogP) is 2.47. The Bertz CT molecular complexity index is 385. The summed E-state index contributed by atoms with van der Waals surface area (Å²) < 4.78 is 0. The van der Waals surface area contributed by atoms with Crippen LogP contribution in [0.4, 0.5) is 11.4 Å². The van der Waals surface area contributed by atoms with Crippen LogP contribution in [0.15, 0.2) is 18.2 Å². The number of aryl methyl sites for hydroxylation is 1. The van der Waals surface area contributed by atoms with Crippen LogP contribution in [-0.4, -0.2) is 30.6 Å². The molecule has 0 amide bonds. The minimum atomic E-state index is 0.544. The summed E-state index contributed by atoms with van der Waals surface area (Å²) in [5, 5.41) is 3.45.